The van der Waals surface area contributed by atoms with Gasteiger partial charge in [-0.1, -0.05) is 50.0 Å². The smallest absolute Gasteiger partial charge is 0.0967 e. The van der Waals surface area contributed by atoms with Crippen molar-refractivity contribution >= 4 is 13.3 Å². The van der Waals surface area contributed by atoms with Crippen LogP contribution in [0.3, 0.4) is 0 Å². The van der Waals surface area contributed by atoms with Crippen molar-refractivity contribution in [2.45, 2.75) is 51.9 Å². The monoisotopic (exact) mass is 212 g/mol. The summed E-state index contributed by atoms with van der Waals surface area (Å²) in [6.45, 7) is 4.75. The van der Waals surface area contributed by atoms with Crippen LogP contribution in [0.15, 0.2) is 24.3 Å². The van der Waals surface area contributed by atoms with Crippen molar-refractivity contribution in [2.24, 2.45) is 5.41 Å². The van der Waals surface area contributed by atoms with Gasteiger partial charge in [0.2, 0.25) is 0 Å². The van der Waals surface area contributed by atoms with Gasteiger partial charge in [-0.3, -0.25) is 0 Å². The second-order valence-electron chi connectivity index (χ2n) is 5.67. The molecule has 1 aromatic rings. The van der Waals surface area contributed by atoms with Crippen LogP contribution in [-0.4, -0.2) is 7.85 Å². The molecule has 2 radical (unpaired) electrons. The van der Waals surface area contributed by atoms with Crippen molar-refractivity contribution < 1.29 is 0 Å². The van der Waals surface area contributed by atoms with E-state index < -0.39 is 0 Å². The zero-order valence-corrected chi connectivity index (χ0v) is 10.5. The van der Waals surface area contributed by atoms with Gasteiger partial charge in [0, 0.05) is 0 Å². The molecule has 1 saturated carbocycles. The molecule has 0 aromatic heterocycles. The van der Waals surface area contributed by atoms with E-state index >= 15 is 0 Å². The predicted octanol–water partition coefficient (Wildman–Crippen LogP) is 3.55. The number of benzene rings is 1. The van der Waals surface area contributed by atoms with Gasteiger partial charge >= 0.3 is 0 Å². The molecule has 2 rings (SSSR count). The molecule has 2 unspecified atom stereocenters. The Morgan fingerprint density at radius 3 is 2.62 bits per heavy atom. The lowest BCUT2D eigenvalue weighted by atomic mass is 9.82. The average molecular weight is 212 g/mol. The summed E-state index contributed by atoms with van der Waals surface area (Å²) in [5, 5.41) is 0. The standard InChI is InChI=1S/C15H21B/c1-3-9-15(2)10-8-13(11-15)12-4-6-14(16)7-5-12/h4-7,13H,3,8-11H2,1-2H3. The Morgan fingerprint density at radius 2 is 2.00 bits per heavy atom. The number of rotatable bonds is 3. The first kappa shape index (κ1) is 11.8. The van der Waals surface area contributed by atoms with Crippen LogP contribution in [0.4, 0.5) is 0 Å². The molecule has 1 fully saturated rings. The van der Waals surface area contributed by atoms with Gasteiger partial charge in [0.05, 0.1) is 0 Å². The van der Waals surface area contributed by atoms with Crippen LogP contribution in [0.1, 0.15) is 57.4 Å². The molecule has 1 aliphatic carbocycles. The molecule has 0 aliphatic heterocycles. The van der Waals surface area contributed by atoms with Crippen LogP contribution < -0.4 is 5.46 Å². The molecule has 1 aromatic carbocycles. The highest BCUT2D eigenvalue weighted by Crippen LogP contribution is 2.48. The minimum Gasteiger partial charge on any atom is -0.0967 e. The summed E-state index contributed by atoms with van der Waals surface area (Å²) in [4.78, 5) is 0. The van der Waals surface area contributed by atoms with Gasteiger partial charge in [-0.2, -0.15) is 0 Å². The normalized spacial score (nSPS) is 29.5. The summed E-state index contributed by atoms with van der Waals surface area (Å²) < 4.78 is 0. The van der Waals surface area contributed by atoms with E-state index in [0.29, 0.717) is 5.41 Å². The fourth-order valence-corrected chi connectivity index (χ4v) is 3.20. The highest BCUT2D eigenvalue weighted by atomic mass is 14.4. The Kier molecular flexibility index (Phi) is 3.42. The number of hydrogen-bond donors (Lipinski definition) is 0. The molecule has 0 nitrogen and oxygen atoms in total. The minimum atomic E-state index is 0.584. The molecule has 16 heavy (non-hydrogen) atoms. The summed E-state index contributed by atoms with van der Waals surface area (Å²) in [5.74, 6) is 0.761. The Balaban J connectivity index is 2.06. The molecule has 0 heterocycles. The third-order valence-electron chi connectivity index (χ3n) is 4.10. The van der Waals surface area contributed by atoms with E-state index in [4.69, 9.17) is 7.85 Å². The first-order valence-corrected chi connectivity index (χ1v) is 6.48. The fraction of sp³-hybridized carbons (Fsp3) is 0.600. The molecule has 1 aliphatic rings. The van der Waals surface area contributed by atoms with Crippen molar-refractivity contribution in [3.05, 3.63) is 29.8 Å². The van der Waals surface area contributed by atoms with E-state index in [2.05, 4.69) is 26.0 Å². The highest BCUT2D eigenvalue weighted by molar-refractivity contribution is 6.32. The Bertz CT molecular complexity index is 341. The van der Waals surface area contributed by atoms with Crippen molar-refractivity contribution in [3.8, 4) is 0 Å². The van der Waals surface area contributed by atoms with Crippen LogP contribution in [0.5, 0.6) is 0 Å². The molecule has 2 atom stereocenters. The first-order chi connectivity index (χ1) is 7.63. The second kappa shape index (κ2) is 4.65. The van der Waals surface area contributed by atoms with Gasteiger partial charge in [0.1, 0.15) is 7.85 Å². The largest absolute Gasteiger partial charge is 0.113 e. The first-order valence-electron chi connectivity index (χ1n) is 6.48. The van der Waals surface area contributed by atoms with Crippen LogP contribution >= 0.6 is 0 Å². The zero-order valence-electron chi connectivity index (χ0n) is 10.5. The van der Waals surface area contributed by atoms with Gasteiger partial charge in [-0.25, -0.2) is 0 Å². The van der Waals surface area contributed by atoms with Crippen molar-refractivity contribution in [2.75, 3.05) is 0 Å². The van der Waals surface area contributed by atoms with E-state index in [0.717, 1.165) is 11.4 Å². The number of hydrogen-bond acceptors (Lipinski definition) is 0. The highest BCUT2D eigenvalue weighted by Gasteiger charge is 2.34. The summed E-state index contributed by atoms with van der Waals surface area (Å²) in [7, 11) is 5.73. The fourth-order valence-electron chi connectivity index (χ4n) is 3.20. The summed E-state index contributed by atoms with van der Waals surface area (Å²) in [6.07, 6.45) is 6.77. The maximum Gasteiger partial charge on any atom is 0.113 e. The third kappa shape index (κ3) is 2.51. The molecular formula is C15H21B. The van der Waals surface area contributed by atoms with Gasteiger partial charge < -0.3 is 0 Å². The quantitative estimate of drug-likeness (QED) is 0.672. The topological polar surface area (TPSA) is 0 Å². The Morgan fingerprint density at radius 1 is 1.31 bits per heavy atom. The van der Waals surface area contributed by atoms with Gasteiger partial charge in [-0.05, 0) is 42.6 Å². The maximum atomic E-state index is 5.73. The molecule has 0 bridgehead atoms. The van der Waals surface area contributed by atoms with Crippen LogP contribution in [0.25, 0.3) is 0 Å². The predicted molar refractivity (Wildman–Crippen MR) is 71.4 cm³/mol. The Hall–Kier alpha value is -0.715. The zero-order chi connectivity index (χ0) is 11.6. The lowest BCUT2D eigenvalue weighted by Gasteiger charge is -2.23. The second-order valence-corrected chi connectivity index (χ2v) is 5.67. The van der Waals surface area contributed by atoms with Gasteiger partial charge in [-0.15, -0.1) is 0 Å². The molecule has 0 N–H and O–H groups in total. The molecule has 0 saturated heterocycles. The van der Waals surface area contributed by atoms with Crippen LogP contribution in [0.2, 0.25) is 0 Å². The minimum absolute atomic E-state index is 0.584. The van der Waals surface area contributed by atoms with Crippen molar-refractivity contribution in [3.63, 3.8) is 0 Å². The summed E-state index contributed by atoms with van der Waals surface area (Å²) in [5.41, 5.74) is 2.94. The lowest BCUT2D eigenvalue weighted by molar-refractivity contribution is 0.300. The third-order valence-corrected chi connectivity index (χ3v) is 4.10. The Labute approximate surface area is 101 Å². The SMILES string of the molecule is [B]c1ccc(C2CCC(C)(CCC)C2)cc1. The average Bonchev–Trinajstić information content (AvgIpc) is 2.62. The summed E-state index contributed by atoms with van der Waals surface area (Å²) in [6, 6.07) is 8.48. The van der Waals surface area contributed by atoms with Crippen molar-refractivity contribution in [1.29, 1.82) is 0 Å². The molecule has 84 valence electrons. The van der Waals surface area contributed by atoms with Gasteiger partial charge in [0.25, 0.3) is 0 Å². The molecule has 1 heteroatoms. The van der Waals surface area contributed by atoms with E-state index in [-0.39, 0.29) is 0 Å². The summed E-state index contributed by atoms with van der Waals surface area (Å²) >= 11 is 0. The lowest BCUT2D eigenvalue weighted by Crippen LogP contribution is -2.11. The van der Waals surface area contributed by atoms with Crippen LogP contribution in [0, 0.1) is 5.41 Å². The van der Waals surface area contributed by atoms with E-state index in [9.17, 15) is 0 Å². The van der Waals surface area contributed by atoms with E-state index in [1.54, 1.807) is 0 Å². The molecule has 0 spiro atoms. The van der Waals surface area contributed by atoms with Gasteiger partial charge in [0.15, 0.2) is 0 Å². The maximum absolute atomic E-state index is 5.73. The molecule has 0 amide bonds. The van der Waals surface area contributed by atoms with Crippen LogP contribution in [-0.2, 0) is 0 Å². The van der Waals surface area contributed by atoms with E-state index in [1.807, 2.05) is 12.1 Å². The van der Waals surface area contributed by atoms with E-state index in [1.165, 1.54) is 37.7 Å². The molecular weight excluding hydrogens is 191 g/mol. The van der Waals surface area contributed by atoms with Crippen molar-refractivity contribution in [1.82, 2.24) is 0 Å².